The monoisotopic (exact) mass is 696 g/mol. The van der Waals surface area contributed by atoms with Crippen LogP contribution in [0.4, 0.5) is 5.69 Å². The zero-order valence-electron chi connectivity index (χ0n) is 28.7. The van der Waals surface area contributed by atoms with Gasteiger partial charge in [-0.1, -0.05) is 115 Å². The molecule has 2 N–H and O–H groups in total. The van der Waals surface area contributed by atoms with Gasteiger partial charge in [0.25, 0.3) is 0 Å². The molecular weight excluding hydrogens is 665 g/mol. The summed E-state index contributed by atoms with van der Waals surface area (Å²) in [5, 5.41) is 12.1. The minimum absolute atomic E-state index is 0.390. The summed E-state index contributed by atoms with van der Waals surface area (Å²) in [5.74, 6) is 0.724. The number of fused-ring (bicyclic) bond motifs is 9. The van der Waals surface area contributed by atoms with E-state index >= 15 is 0 Å². The second-order valence-electron chi connectivity index (χ2n) is 13.9. The van der Waals surface area contributed by atoms with Crippen molar-refractivity contribution in [3.63, 3.8) is 0 Å². The third-order valence-corrected chi connectivity index (χ3v) is 11.9. The lowest BCUT2D eigenvalue weighted by Gasteiger charge is -2.17. The molecule has 250 valence electrons. The summed E-state index contributed by atoms with van der Waals surface area (Å²) in [6.45, 7) is 0.390. The highest BCUT2D eigenvalue weighted by Gasteiger charge is 2.20. The Hall–Kier alpha value is -6.62. The molecular formula is C49H32N2OS. The quantitative estimate of drug-likeness (QED) is 0.182. The van der Waals surface area contributed by atoms with Crippen molar-refractivity contribution in [2.45, 2.75) is 6.61 Å². The van der Waals surface area contributed by atoms with E-state index < -0.39 is 0 Å². The van der Waals surface area contributed by atoms with Crippen molar-refractivity contribution in [1.82, 2.24) is 4.57 Å². The van der Waals surface area contributed by atoms with Gasteiger partial charge in [0.1, 0.15) is 6.61 Å². The fourth-order valence-electron chi connectivity index (χ4n) is 8.19. The first-order chi connectivity index (χ1) is 26.2. The molecule has 11 rings (SSSR count). The van der Waals surface area contributed by atoms with E-state index in [1.54, 1.807) is 11.3 Å². The summed E-state index contributed by atoms with van der Waals surface area (Å²) >= 11 is 1.78. The Balaban J connectivity index is 1.02. The Bertz CT molecular complexity index is 3150. The Morgan fingerprint density at radius 1 is 0.491 bits per heavy atom. The van der Waals surface area contributed by atoms with E-state index in [0.29, 0.717) is 12.3 Å². The minimum atomic E-state index is 0.390. The highest BCUT2D eigenvalue weighted by molar-refractivity contribution is 7.26. The van der Waals surface area contributed by atoms with Gasteiger partial charge in [0.05, 0.1) is 16.7 Å². The van der Waals surface area contributed by atoms with Gasteiger partial charge >= 0.3 is 0 Å². The number of hydrogen-bond acceptors (Lipinski definition) is 3. The molecule has 3 nitrogen and oxygen atoms in total. The Kier molecular flexibility index (Phi) is 6.64. The van der Waals surface area contributed by atoms with Gasteiger partial charge in [0.15, 0.2) is 5.75 Å². The lowest BCUT2D eigenvalue weighted by atomic mass is 9.98. The van der Waals surface area contributed by atoms with Crippen molar-refractivity contribution in [3.05, 3.63) is 175 Å². The number of ether oxygens (including phenoxy) is 1. The number of benzene rings is 9. The maximum Gasteiger partial charge on any atom is 0.151 e. The van der Waals surface area contributed by atoms with E-state index in [1.807, 2.05) is 0 Å². The number of anilines is 1. The third kappa shape index (κ3) is 4.80. The van der Waals surface area contributed by atoms with Crippen LogP contribution in [0.5, 0.6) is 5.75 Å². The van der Waals surface area contributed by atoms with Gasteiger partial charge in [-0.2, -0.15) is 0 Å². The molecule has 4 heteroatoms. The number of nitrogen functional groups attached to an aromatic ring is 1. The molecule has 2 aromatic heterocycles. The highest BCUT2D eigenvalue weighted by atomic mass is 32.1. The van der Waals surface area contributed by atoms with E-state index in [9.17, 15) is 0 Å². The topological polar surface area (TPSA) is 40.2 Å². The second-order valence-corrected chi connectivity index (χ2v) is 15.0. The molecule has 2 heterocycles. The average Bonchev–Trinajstić information content (AvgIpc) is 3.73. The number of thiophene rings is 1. The van der Waals surface area contributed by atoms with Crippen molar-refractivity contribution in [1.29, 1.82) is 0 Å². The number of hydrogen-bond donors (Lipinski definition) is 1. The lowest BCUT2D eigenvalue weighted by molar-refractivity contribution is 0.309. The summed E-state index contributed by atoms with van der Waals surface area (Å²) < 4.78 is 11.6. The predicted octanol–water partition coefficient (Wildman–Crippen LogP) is 13.4. The molecule has 0 fully saturated rings. The van der Waals surface area contributed by atoms with Crippen LogP contribution in [0.1, 0.15) is 5.56 Å². The van der Waals surface area contributed by atoms with E-state index in [1.165, 1.54) is 58.8 Å². The summed E-state index contributed by atoms with van der Waals surface area (Å²) in [6.07, 6.45) is 0. The molecule has 0 spiro atoms. The minimum Gasteiger partial charge on any atom is -0.486 e. The number of aromatic nitrogens is 1. The standard InChI is InChI=1S/C49H32N2OS/c50-48-47-39-15-7-8-16-45(39)53-46(47)28-40(37-20-19-31-9-1-2-10-32(31)23-37)49(48)52-29-30-17-21-38(22-18-30)51-43-26-35-13-5-3-11-33(35)24-41(43)42-25-34-12-4-6-14-36(34)27-44(42)51/h1-28H,29,50H2. The second kappa shape index (κ2) is 11.7. The van der Waals surface area contributed by atoms with Crippen LogP contribution in [0.15, 0.2) is 170 Å². The molecule has 53 heavy (non-hydrogen) atoms. The molecule has 0 aliphatic rings. The lowest BCUT2D eigenvalue weighted by Crippen LogP contribution is -2.02. The molecule has 9 aromatic carbocycles. The predicted molar refractivity (Wildman–Crippen MR) is 227 cm³/mol. The third-order valence-electron chi connectivity index (χ3n) is 10.8. The maximum absolute atomic E-state index is 7.10. The molecule has 0 radical (unpaired) electrons. The van der Waals surface area contributed by atoms with E-state index in [4.69, 9.17) is 10.5 Å². The maximum atomic E-state index is 7.10. The molecule has 0 atom stereocenters. The van der Waals surface area contributed by atoms with Crippen LogP contribution in [0.2, 0.25) is 0 Å². The van der Waals surface area contributed by atoms with Gasteiger partial charge in [-0.15, -0.1) is 11.3 Å². The summed E-state index contributed by atoms with van der Waals surface area (Å²) in [6, 6.07) is 61.2. The molecule has 0 bridgehead atoms. The molecule has 0 aliphatic carbocycles. The molecule has 0 unspecified atom stereocenters. The smallest absolute Gasteiger partial charge is 0.151 e. The summed E-state index contributed by atoms with van der Waals surface area (Å²) in [5.41, 5.74) is 14.5. The van der Waals surface area contributed by atoms with Crippen LogP contribution in [0.3, 0.4) is 0 Å². The van der Waals surface area contributed by atoms with Crippen LogP contribution in [0.25, 0.3) is 91.1 Å². The van der Waals surface area contributed by atoms with Gasteiger partial charge in [-0.05, 0) is 98.0 Å². The summed E-state index contributed by atoms with van der Waals surface area (Å²) in [7, 11) is 0. The molecule has 0 aliphatic heterocycles. The zero-order valence-corrected chi connectivity index (χ0v) is 29.5. The van der Waals surface area contributed by atoms with Gasteiger partial charge in [0, 0.05) is 42.2 Å². The van der Waals surface area contributed by atoms with Crippen LogP contribution in [-0.2, 0) is 6.61 Å². The van der Waals surface area contributed by atoms with Crippen molar-refractivity contribution in [2.24, 2.45) is 0 Å². The van der Waals surface area contributed by atoms with Gasteiger partial charge in [-0.3, -0.25) is 0 Å². The van der Waals surface area contributed by atoms with Crippen LogP contribution >= 0.6 is 11.3 Å². The highest BCUT2D eigenvalue weighted by Crippen LogP contribution is 2.47. The van der Waals surface area contributed by atoms with Crippen LogP contribution in [0, 0.1) is 0 Å². The molecule has 0 saturated heterocycles. The van der Waals surface area contributed by atoms with Crippen LogP contribution in [-0.4, -0.2) is 4.57 Å². The Labute approximate surface area is 309 Å². The first kappa shape index (κ1) is 30.0. The van der Waals surface area contributed by atoms with Crippen molar-refractivity contribution in [2.75, 3.05) is 5.73 Å². The van der Waals surface area contributed by atoms with Gasteiger partial charge in [-0.25, -0.2) is 0 Å². The Morgan fingerprint density at radius 2 is 1.06 bits per heavy atom. The zero-order chi connectivity index (χ0) is 35.0. The first-order valence-corrected chi connectivity index (χ1v) is 18.8. The van der Waals surface area contributed by atoms with Gasteiger partial charge < -0.3 is 15.0 Å². The molecule has 11 aromatic rings. The number of nitrogens with zero attached hydrogens (tertiary/aromatic N) is 1. The van der Waals surface area contributed by atoms with E-state index in [2.05, 4.69) is 174 Å². The van der Waals surface area contributed by atoms with Crippen molar-refractivity contribution >= 4 is 91.3 Å². The summed E-state index contributed by atoms with van der Waals surface area (Å²) in [4.78, 5) is 0. The normalized spacial score (nSPS) is 11.9. The fraction of sp³-hybridized carbons (Fsp3) is 0.0204. The fourth-order valence-corrected chi connectivity index (χ4v) is 9.35. The van der Waals surface area contributed by atoms with Gasteiger partial charge in [0.2, 0.25) is 0 Å². The average molecular weight is 697 g/mol. The van der Waals surface area contributed by atoms with Crippen molar-refractivity contribution in [3.8, 4) is 22.6 Å². The van der Waals surface area contributed by atoms with Crippen molar-refractivity contribution < 1.29 is 4.74 Å². The number of rotatable bonds is 5. The molecule has 0 amide bonds. The molecule has 0 saturated carbocycles. The van der Waals surface area contributed by atoms with E-state index in [-0.39, 0.29) is 0 Å². The Morgan fingerprint density at radius 3 is 1.72 bits per heavy atom. The van der Waals surface area contributed by atoms with E-state index in [0.717, 1.165) is 43.6 Å². The van der Waals surface area contributed by atoms with Crippen LogP contribution < -0.4 is 10.5 Å². The largest absolute Gasteiger partial charge is 0.486 e. The SMILES string of the molecule is Nc1c(OCc2ccc(-n3c4cc5ccccc5cc4c4cc5ccccc5cc43)cc2)c(-c2ccc3ccccc3c2)cc2sc3ccccc3c12. The first-order valence-electron chi connectivity index (χ1n) is 18.0. The number of nitrogens with two attached hydrogens (primary N) is 1.